The Kier molecular flexibility index (Phi) is 17.5. The number of para-hydroxylation sites is 1. The van der Waals surface area contributed by atoms with Gasteiger partial charge in [-0.25, -0.2) is 0 Å². The average Bonchev–Trinajstić information content (AvgIpc) is 3.90. The zero-order chi connectivity index (χ0) is 42.7. The van der Waals surface area contributed by atoms with Gasteiger partial charge in [-0.15, -0.1) is 0 Å². The average molecular weight is 816 g/mol. The lowest BCUT2D eigenvalue weighted by Gasteiger charge is -2.26. The number of guanidine groups is 2. The van der Waals surface area contributed by atoms with Gasteiger partial charge in [-0.3, -0.25) is 38.8 Å². The molecule has 6 amide bonds. The predicted molar refractivity (Wildman–Crippen MR) is 224 cm³/mol. The van der Waals surface area contributed by atoms with E-state index in [1.165, 1.54) is 0 Å². The van der Waals surface area contributed by atoms with Crippen molar-refractivity contribution >= 4 is 58.3 Å². The van der Waals surface area contributed by atoms with E-state index in [4.69, 9.17) is 28.7 Å². The first-order valence-electron chi connectivity index (χ1n) is 19.8. The topological polar surface area (TPSA) is 333 Å². The highest BCUT2D eigenvalue weighted by atomic mass is 16.2. The van der Waals surface area contributed by atoms with Gasteiger partial charge in [-0.05, 0) is 55.7 Å². The minimum atomic E-state index is -1.24. The number of aliphatic imine (C=N–C) groups is 2. The summed E-state index contributed by atoms with van der Waals surface area (Å²) in [5, 5.41) is 14.4. The van der Waals surface area contributed by atoms with Crippen molar-refractivity contribution in [1.29, 1.82) is 0 Å². The number of nitrogens with zero attached hydrogens (tertiary/aromatic N) is 2. The Labute approximate surface area is 342 Å². The molecule has 3 aromatic rings. The monoisotopic (exact) mass is 815 g/mol. The Morgan fingerprint density at radius 2 is 1.20 bits per heavy atom. The van der Waals surface area contributed by atoms with Crippen molar-refractivity contribution in [1.82, 2.24) is 31.6 Å². The summed E-state index contributed by atoms with van der Waals surface area (Å²) in [4.78, 5) is 91.6. The van der Waals surface area contributed by atoms with Crippen molar-refractivity contribution in [3.8, 4) is 0 Å². The number of primary amides is 1. The lowest BCUT2D eigenvalue weighted by molar-refractivity contribution is -0.134. The fraction of sp³-hybridized carbons (Fsp3) is 0.450. The summed E-state index contributed by atoms with van der Waals surface area (Å²) in [6.07, 6.45) is 5.85. The minimum Gasteiger partial charge on any atom is -0.370 e. The number of benzene rings is 2. The van der Waals surface area contributed by atoms with Crippen molar-refractivity contribution < 1.29 is 28.8 Å². The zero-order valence-electron chi connectivity index (χ0n) is 33.1. The lowest BCUT2D eigenvalue weighted by Crippen LogP contribution is -2.58. The lowest BCUT2D eigenvalue weighted by atomic mass is 10.0. The van der Waals surface area contributed by atoms with E-state index >= 15 is 0 Å². The number of hydrogen-bond donors (Lipinski definition) is 11. The van der Waals surface area contributed by atoms with E-state index in [1.807, 2.05) is 30.3 Å². The van der Waals surface area contributed by atoms with Crippen molar-refractivity contribution in [3.05, 3.63) is 71.9 Å². The van der Waals surface area contributed by atoms with Crippen molar-refractivity contribution in [3.63, 3.8) is 0 Å². The maximum Gasteiger partial charge on any atom is 0.243 e. The first-order valence-corrected chi connectivity index (χ1v) is 19.8. The molecule has 59 heavy (non-hydrogen) atoms. The first kappa shape index (κ1) is 45.0. The van der Waals surface area contributed by atoms with Crippen LogP contribution < -0.4 is 55.3 Å². The molecular formula is C40H57N13O6. The maximum atomic E-state index is 14.2. The molecule has 0 unspecified atom stereocenters. The number of H-pyrrole nitrogens is 1. The van der Waals surface area contributed by atoms with Crippen LogP contribution in [0.2, 0.25) is 0 Å². The fourth-order valence-electron chi connectivity index (χ4n) is 6.91. The molecule has 1 aliphatic rings. The number of rotatable bonds is 23. The van der Waals surface area contributed by atoms with Crippen molar-refractivity contribution in [2.24, 2.45) is 44.6 Å². The van der Waals surface area contributed by atoms with E-state index in [9.17, 15) is 28.8 Å². The predicted octanol–water partition coefficient (Wildman–Crippen LogP) is -1.21. The van der Waals surface area contributed by atoms with Crippen LogP contribution in [0.15, 0.2) is 70.8 Å². The molecule has 0 aliphatic heterocycles. The third-order valence-electron chi connectivity index (χ3n) is 10.00. The Balaban J connectivity index is 1.56. The molecule has 19 heteroatoms. The molecule has 1 aliphatic carbocycles. The van der Waals surface area contributed by atoms with Crippen LogP contribution in [0.1, 0.15) is 62.5 Å². The summed E-state index contributed by atoms with van der Waals surface area (Å²) in [5.41, 5.74) is 29.9. The van der Waals surface area contributed by atoms with Crippen LogP contribution in [0.5, 0.6) is 0 Å². The number of fused-ring (bicyclic) bond motifs is 1. The SMILES string of the molecule is NC(=O)[C@H](Cc1ccccc1)NC(=O)[C@H](CCCN=C(N)N)NC(=O)[C@H](CCCN=C(N)N)NC(=O)[C@H](Cc1c[nH]c2ccccc12)NC(=O)CNC(=O)C1CCCC1. The van der Waals surface area contributed by atoms with E-state index in [2.05, 4.69) is 41.6 Å². The van der Waals surface area contributed by atoms with Gasteiger partial charge in [0.1, 0.15) is 24.2 Å². The molecule has 0 bridgehead atoms. The molecule has 2 aromatic carbocycles. The van der Waals surface area contributed by atoms with Crippen molar-refractivity contribution in [2.45, 2.75) is 88.4 Å². The molecule has 1 fully saturated rings. The molecule has 19 nitrogen and oxygen atoms in total. The van der Waals surface area contributed by atoms with Gasteiger partial charge in [0.05, 0.1) is 6.54 Å². The summed E-state index contributed by atoms with van der Waals surface area (Å²) >= 11 is 0. The second-order valence-electron chi connectivity index (χ2n) is 14.6. The Hall–Kier alpha value is -6.66. The van der Waals surface area contributed by atoms with Crippen LogP contribution in [-0.2, 0) is 41.6 Å². The van der Waals surface area contributed by atoms with Gasteiger partial charge in [0.25, 0.3) is 0 Å². The summed E-state index contributed by atoms with van der Waals surface area (Å²) in [6.45, 7) is -0.0801. The molecule has 16 N–H and O–H groups in total. The molecular weight excluding hydrogens is 759 g/mol. The second kappa shape index (κ2) is 22.9. The smallest absolute Gasteiger partial charge is 0.243 e. The standard InChI is InChI=1S/C40H57N13O6/c41-34(55)31(20-24-10-2-1-3-11-24)53-37(58)30(17-9-19-47-40(44)45)51-36(57)29(16-8-18-46-39(42)43)52-38(59)32(21-26-22-48-28-15-7-6-14-27(26)28)50-33(54)23-49-35(56)25-12-4-5-13-25/h1-3,6-7,10-11,14-15,22,25,29-32,48H,4-5,8-9,12-13,16-21,23H2,(H2,41,55)(H,49,56)(H,50,54)(H,51,57)(H,52,59)(H,53,58)(H4,42,43,46)(H4,44,45,47)/t29-,30-,31-,32-/m0/s1. The normalized spacial score (nSPS) is 14.5. The van der Waals surface area contributed by atoms with E-state index < -0.39 is 53.7 Å². The molecule has 318 valence electrons. The number of amides is 6. The van der Waals surface area contributed by atoms with Gasteiger partial charge in [-0.2, -0.15) is 0 Å². The Bertz CT molecular complexity index is 1950. The Morgan fingerprint density at radius 1 is 0.661 bits per heavy atom. The van der Waals surface area contributed by atoms with Gasteiger partial charge in [-0.1, -0.05) is 61.4 Å². The van der Waals surface area contributed by atoms with Crippen LogP contribution in [0.25, 0.3) is 10.9 Å². The largest absolute Gasteiger partial charge is 0.370 e. The first-order chi connectivity index (χ1) is 28.3. The van der Waals surface area contributed by atoms with Gasteiger partial charge >= 0.3 is 0 Å². The molecule has 0 saturated heterocycles. The van der Waals surface area contributed by atoms with Crippen LogP contribution >= 0.6 is 0 Å². The summed E-state index contributed by atoms with van der Waals surface area (Å²) in [7, 11) is 0. The van der Waals surface area contributed by atoms with Gasteiger partial charge in [0, 0.05) is 48.9 Å². The number of carbonyl (C=O) groups is 6. The van der Waals surface area contributed by atoms with Gasteiger partial charge in [0.2, 0.25) is 35.4 Å². The molecule has 4 rings (SSSR count). The number of hydrogen-bond acceptors (Lipinski definition) is 8. The minimum absolute atomic E-state index is 0.0276. The van der Waals surface area contributed by atoms with Crippen molar-refractivity contribution in [2.75, 3.05) is 19.6 Å². The van der Waals surface area contributed by atoms with Crippen LogP contribution in [0, 0.1) is 5.92 Å². The number of nitrogens with two attached hydrogens (primary N) is 5. The van der Waals surface area contributed by atoms with E-state index in [0.717, 1.165) is 47.7 Å². The number of aromatic nitrogens is 1. The molecule has 0 radical (unpaired) electrons. The molecule has 0 spiro atoms. The van der Waals surface area contributed by atoms with E-state index in [-0.39, 0.29) is 81.9 Å². The summed E-state index contributed by atoms with van der Waals surface area (Å²) in [6, 6.07) is 11.7. The fourth-order valence-corrected chi connectivity index (χ4v) is 6.91. The molecule has 1 saturated carbocycles. The van der Waals surface area contributed by atoms with Gasteiger partial charge in [0.15, 0.2) is 11.9 Å². The maximum absolute atomic E-state index is 14.2. The number of aromatic amines is 1. The van der Waals surface area contributed by atoms with Crippen LogP contribution in [-0.4, -0.2) is 96.1 Å². The van der Waals surface area contributed by atoms with Crippen LogP contribution in [0.4, 0.5) is 0 Å². The third-order valence-corrected chi connectivity index (χ3v) is 10.00. The molecule has 1 aromatic heterocycles. The number of nitrogens with one attached hydrogen (secondary N) is 6. The van der Waals surface area contributed by atoms with E-state index in [0.29, 0.717) is 0 Å². The van der Waals surface area contributed by atoms with Crippen LogP contribution in [0.3, 0.4) is 0 Å². The van der Waals surface area contributed by atoms with E-state index in [1.54, 1.807) is 30.5 Å². The quantitative estimate of drug-likeness (QED) is 0.0308. The Morgan fingerprint density at radius 3 is 1.78 bits per heavy atom. The zero-order valence-corrected chi connectivity index (χ0v) is 33.1. The number of carbonyl (C=O) groups excluding carboxylic acids is 6. The summed E-state index contributed by atoms with van der Waals surface area (Å²) in [5.74, 6) is -4.18. The highest BCUT2D eigenvalue weighted by Crippen LogP contribution is 2.24. The second-order valence-corrected chi connectivity index (χ2v) is 14.6. The highest BCUT2D eigenvalue weighted by molar-refractivity contribution is 5.96. The van der Waals surface area contributed by atoms with Gasteiger partial charge < -0.3 is 60.2 Å². The molecule has 4 atom stereocenters. The summed E-state index contributed by atoms with van der Waals surface area (Å²) < 4.78 is 0. The molecule has 1 heterocycles. The third kappa shape index (κ3) is 15.0. The highest BCUT2D eigenvalue weighted by Gasteiger charge is 2.32.